The number of ether oxygens (including phenoxy) is 1. The van der Waals surface area contributed by atoms with E-state index in [1.165, 1.54) is 0 Å². The van der Waals surface area contributed by atoms with Gasteiger partial charge in [0.15, 0.2) is 0 Å². The molecule has 30 heavy (non-hydrogen) atoms. The predicted octanol–water partition coefficient (Wildman–Crippen LogP) is 4.70. The molecule has 2 aromatic carbocycles. The van der Waals surface area contributed by atoms with Gasteiger partial charge in [-0.05, 0) is 35.4 Å². The molecule has 6 heteroatoms. The standard InChI is InChI=1S/C24H23N3O2S/c1-29-16-19-9-3-2-8-18(19)14-25-24(28)21-10-4-5-11-22(21)30-17-20-15-27-13-7-6-12-23(27)26-20/h2-13,15H,14,16-17H2,1H3,(H,25,28). The van der Waals surface area contributed by atoms with Crippen LogP contribution in [0.3, 0.4) is 0 Å². The zero-order chi connectivity index (χ0) is 20.8. The summed E-state index contributed by atoms with van der Waals surface area (Å²) in [5.41, 5.74) is 4.72. The van der Waals surface area contributed by atoms with Crippen LogP contribution in [0.1, 0.15) is 27.2 Å². The van der Waals surface area contributed by atoms with Crippen LogP contribution in [0.2, 0.25) is 0 Å². The lowest BCUT2D eigenvalue weighted by Gasteiger charge is -2.12. The van der Waals surface area contributed by atoms with E-state index in [2.05, 4.69) is 10.3 Å². The van der Waals surface area contributed by atoms with Gasteiger partial charge in [-0.25, -0.2) is 4.98 Å². The van der Waals surface area contributed by atoms with Crippen molar-refractivity contribution in [2.24, 2.45) is 0 Å². The minimum atomic E-state index is -0.0830. The molecule has 0 atom stereocenters. The Kier molecular flexibility index (Phi) is 6.47. The zero-order valence-corrected chi connectivity index (χ0v) is 17.6. The van der Waals surface area contributed by atoms with Gasteiger partial charge in [-0.1, -0.05) is 42.5 Å². The number of aromatic nitrogens is 2. The summed E-state index contributed by atoms with van der Waals surface area (Å²) in [6.45, 7) is 0.987. The van der Waals surface area contributed by atoms with Crippen LogP contribution in [0.4, 0.5) is 0 Å². The maximum absolute atomic E-state index is 12.9. The van der Waals surface area contributed by atoms with Gasteiger partial charge in [0.25, 0.3) is 5.91 Å². The van der Waals surface area contributed by atoms with Crippen molar-refractivity contribution in [1.82, 2.24) is 14.7 Å². The molecule has 4 aromatic rings. The molecule has 5 nitrogen and oxygen atoms in total. The van der Waals surface area contributed by atoms with Gasteiger partial charge in [0.05, 0.1) is 17.9 Å². The van der Waals surface area contributed by atoms with E-state index >= 15 is 0 Å². The Bertz CT molecular complexity index is 1120. The highest BCUT2D eigenvalue weighted by atomic mass is 32.2. The lowest BCUT2D eigenvalue weighted by Crippen LogP contribution is -2.24. The fourth-order valence-corrected chi connectivity index (χ4v) is 4.22. The topological polar surface area (TPSA) is 55.6 Å². The third kappa shape index (κ3) is 4.72. The maximum Gasteiger partial charge on any atom is 0.252 e. The summed E-state index contributed by atoms with van der Waals surface area (Å²) in [4.78, 5) is 18.5. The average molecular weight is 418 g/mol. The van der Waals surface area contributed by atoms with E-state index in [-0.39, 0.29) is 5.91 Å². The number of methoxy groups -OCH3 is 1. The van der Waals surface area contributed by atoms with Gasteiger partial charge in [-0.3, -0.25) is 4.79 Å². The van der Waals surface area contributed by atoms with Crippen LogP contribution in [0.5, 0.6) is 0 Å². The summed E-state index contributed by atoms with van der Waals surface area (Å²) in [5, 5.41) is 3.05. The fraction of sp³-hybridized carbons (Fsp3) is 0.167. The molecule has 0 spiro atoms. The van der Waals surface area contributed by atoms with Crippen LogP contribution in [-0.4, -0.2) is 22.4 Å². The van der Waals surface area contributed by atoms with Crippen LogP contribution in [-0.2, 0) is 23.6 Å². The van der Waals surface area contributed by atoms with E-state index in [9.17, 15) is 4.79 Å². The summed E-state index contributed by atoms with van der Waals surface area (Å²) >= 11 is 1.62. The van der Waals surface area contributed by atoms with Crippen molar-refractivity contribution in [1.29, 1.82) is 0 Å². The number of nitrogens with one attached hydrogen (secondary N) is 1. The Morgan fingerprint density at radius 3 is 2.63 bits per heavy atom. The third-order valence-corrected chi connectivity index (χ3v) is 5.89. The normalized spacial score (nSPS) is 11.0. The van der Waals surface area contributed by atoms with E-state index in [0.717, 1.165) is 27.4 Å². The Morgan fingerprint density at radius 1 is 1.03 bits per heavy atom. The highest BCUT2D eigenvalue weighted by Gasteiger charge is 2.13. The Labute approximate surface area is 180 Å². The number of hydrogen-bond donors (Lipinski definition) is 1. The summed E-state index contributed by atoms with van der Waals surface area (Å²) in [7, 11) is 1.67. The van der Waals surface area contributed by atoms with E-state index in [1.807, 2.05) is 83.5 Å². The molecule has 1 N–H and O–H groups in total. The van der Waals surface area contributed by atoms with Gasteiger partial charge in [0.1, 0.15) is 5.65 Å². The Morgan fingerprint density at radius 2 is 1.80 bits per heavy atom. The molecule has 0 aliphatic rings. The van der Waals surface area contributed by atoms with Crippen molar-refractivity contribution in [2.45, 2.75) is 23.8 Å². The number of fused-ring (bicyclic) bond motifs is 1. The second kappa shape index (κ2) is 9.61. The summed E-state index contributed by atoms with van der Waals surface area (Å²) < 4.78 is 7.26. The molecule has 0 radical (unpaired) electrons. The molecule has 0 aliphatic carbocycles. The number of carbonyl (C=O) groups excluding carboxylic acids is 1. The van der Waals surface area contributed by atoms with Crippen LogP contribution in [0.25, 0.3) is 5.65 Å². The van der Waals surface area contributed by atoms with Crippen molar-refractivity contribution in [3.05, 3.63) is 102 Å². The van der Waals surface area contributed by atoms with Crippen molar-refractivity contribution >= 4 is 23.3 Å². The number of nitrogens with zero attached hydrogens (tertiary/aromatic N) is 2. The van der Waals surface area contributed by atoms with Gasteiger partial charge >= 0.3 is 0 Å². The first-order valence-electron chi connectivity index (χ1n) is 9.73. The van der Waals surface area contributed by atoms with Gasteiger partial charge < -0.3 is 14.5 Å². The van der Waals surface area contributed by atoms with Crippen LogP contribution < -0.4 is 5.32 Å². The molecular formula is C24H23N3O2S. The number of thioether (sulfide) groups is 1. The van der Waals surface area contributed by atoms with Crippen molar-refractivity contribution in [2.75, 3.05) is 7.11 Å². The predicted molar refractivity (Wildman–Crippen MR) is 120 cm³/mol. The third-order valence-electron chi connectivity index (χ3n) is 4.78. The Hall–Kier alpha value is -3.09. The second-order valence-electron chi connectivity index (χ2n) is 6.87. The lowest BCUT2D eigenvalue weighted by molar-refractivity contribution is 0.0947. The summed E-state index contributed by atoms with van der Waals surface area (Å²) in [5.74, 6) is 0.614. The number of benzene rings is 2. The smallest absolute Gasteiger partial charge is 0.252 e. The number of carbonyl (C=O) groups is 1. The second-order valence-corrected chi connectivity index (χ2v) is 7.88. The molecule has 152 valence electrons. The number of amides is 1. The van der Waals surface area contributed by atoms with Gasteiger partial charge in [0, 0.05) is 36.7 Å². The largest absolute Gasteiger partial charge is 0.380 e. The minimum absolute atomic E-state index is 0.0830. The van der Waals surface area contributed by atoms with Crippen LogP contribution in [0, 0.1) is 0 Å². The molecule has 0 saturated carbocycles. The van der Waals surface area contributed by atoms with Crippen LogP contribution >= 0.6 is 11.8 Å². The van der Waals surface area contributed by atoms with Gasteiger partial charge in [0.2, 0.25) is 0 Å². The number of hydrogen-bond acceptors (Lipinski definition) is 4. The highest BCUT2D eigenvalue weighted by molar-refractivity contribution is 7.98. The molecule has 1 amide bonds. The molecule has 0 bridgehead atoms. The van der Waals surface area contributed by atoms with Crippen molar-refractivity contribution in [3.63, 3.8) is 0 Å². The first kappa shape index (κ1) is 20.2. The first-order chi connectivity index (χ1) is 14.7. The van der Waals surface area contributed by atoms with E-state index in [4.69, 9.17) is 4.74 Å². The lowest BCUT2D eigenvalue weighted by atomic mass is 10.1. The quantitative estimate of drug-likeness (QED) is 0.422. The maximum atomic E-state index is 12.9. The molecule has 0 fully saturated rings. The Balaban J connectivity index is 1.44. The van der Waals surface area contributed by atoms with Gasteiger partial charge in [-0.15, -0.1) is 11.8 Å². The first-order valence-corrected chi connectivity index (χ1v) is 10.7. The zero-order valence-electron chi connectivity index (χ0n) is 16.7. The fourth-order valence-electron chi connectivity index (χ4n) is 3.29. The molecule has 0 saturated heterocycles. The number of pyridine rings is 1. The monoisotopic (exact) mass is 417 g/mol. The molecule has 0 aliphatic heterocycles. The van der Waals surface area contributed by atoms with Gasteiger partial charge in [-0.2, -0.15) is 0 Å². The minimum Gasteiger partial charge on any atom is -0.380 e. The highest BCUT2D eigenvalue weighted by Crippen LogP contribution is 2.26. The summed E-state index contributed by atoms with van der Waals surface area (Å²) in [6.07, 6.45) is 4.01. The van der Waals surface area contributed by atoms with Crippen molar-refractivity contribution in [3.8, 4) is 0 Å². The SMILES string of the molecule is COCc1ccccc1CNC(=O)c1ccccc1SCc1cn2ccccc2n1. The molecule has 2 heterocycles. The summed E-state index contributed by atoms with van der Waals surface area (Å²) in [6, 6.07) is 21.6. The molecule has 4 rings (SSSR count). The van der Waals surface area contributed by atoms with Crippen LogP contribution in [0.15, 0.2) is 84.0 Å². The van der Waals surface area contributed by atoms with E-state index in [1.54, 1.807) is 18.9 Å². The average Bonchev–Trinajstić information content (AvgIpc) is 3.20. The molecule has 2 aromatic heterocycles. The van der Waals surface area contributed by atoms with Crippen molar-refractivity contribution < 1.29 is 9.53 Å². The molecular weight excluding hydrogens is 394 g/mol. The molecule has 0 unspecified atom stereocenters. The number of rotatable bonds is 8. The number of imidazole rings is 1. The van der Waals surface area contributed by atoms with E-state index in [0.29, 0.717) is 24.5 Å². The van der Waals surface area contributed by atoms with E-state index < -0.39 is 0 Å².